The van der Waals surface area contributed by atoms with Crippen molar-refractivity contribution >= 4 is 11.4 Å². The average Bonchev–Trinajstić information content (AvgIpc) is 2.17. The molecular formula is C12H19N3. The lowest BCUT2D eigenvalue weighted by Crippen LogP contribution is -2.09. The van der Waals surface area contributed by atoms with Gasteiger partial charge in [0.05, 0.1) is 5.71 Å². The Morgan fingerprint density at radius 2 is 1.53 bits per heavy atom. The van der Waals surface area contributed by atoms with E-state index in [1.54, 1.807) is 0 Å². The zero-order valence-corrected chi connectivity index (χ0v) is 10.2. The van der Waals surface area contributed by atoms with E-state index in [0.29, 0.717) is 0 Å². The maximum atomic E-state index is 4.36. The second-order valence-corrected chi connectivity index (χ2v) is 3.97. The van der Waals surface area contributed by atoms with Crippen molar-refractivity contribution in [3.05, 3.63) is 29.8 Å². The topological polar surface area (TPSA) is 18.8 Å². The van der Waals surface area contributed by atoms with Crippen molar-refractivity contribution in [1.29, 1.82) is 0 Å². The molecule has 0 aliphatic heterocycles. The molecule has 0 aromatic heterocycles. The molecule has 0 aliphatic carbocycles. The van der Waals surface area contributed by atoms with Crippen LogP contribution in [0.5, 0.6) is 0 Å². The Labute approximate surface area is 92.0 Å². The van der Waals surface area contributed by atoms with Crippen molar-refractivity contribution in [2.24, 2.45) is 5.10 Å². The molecule has 0 amide bonds. The minimum Gasteiger partial charge on any atom is -0.378 e. The van der Waals surface area contributed by atoms with E-state index in [-0.39, 0.29) is 0 Å². The number of benzene rings is 1. The summed E-state index contributed by atoms with van der Waals surface area (Å²) in [4.78, 5) is 2.09. The molecule has 1 aromatic carbocycles. The molecule has 0 saturated heterocycles. The highest BCUT2D eigenvalue weighted by molar-refractivity contribution is 5.98. The molecule has 0 spiro atoms. The van der Waals surface area contributed by atoms with Crippen molar-refractivity contribution in [2.75, 3.05) is 33.1 Å². The van der Waals surface area contributed by atoms with Gasteiger partial charge in [0, 0.05) is 33.9 Å². The van der Waals surface area contributed by atoms with Gasteiger partial charge in [0.1, 0.15) is 0 Å². The summed E-state index contributed by atoms with van der Waals surface area (Å²) in [7, 11) is 7.93. The maximum absolute atomic E-state index is 4.36. The van der Waals surface area contributed by atoms with Crippen molar-refractivity contribution in [2.45, 2.75) is 6.92 Å². The van der Waals surface area contributed by atoms with Gasteiger partial charge in [-0.2, -0.15) is 5.10 Å². The summed E-state index contributed by atoms with van der Waals surface area (Å²) in [5, 5.41) is 6.17. The predicted octanol–water partition coefficient (Wildman–Crippen LogP) is 2.04. The molecular weight excluding hydrogens is 186 g/mol. The summed E-state index contributed by atoms with van der Waals surface area (Å²) in [5.74, 6) is 0. The summed E-state index contributed by atoms with van der Waals surface area (Å²) >= 11 is 0. The molecule has 1 aromatic rings. The van der Waals surface area contributed by atoms with Crippen LogP contribution in [0.3, 0.4) is 0 Å². The molecule has 3 heteroatoms. The highest BCUT2D eigenvalue weighted by atomic mass is 15.4. The lowest BCUT2D eigenvalue weighted by molar-refractivity contribution is 0.438. The van der Waals surface area contributed by atoms with Crippen LogP contribution >= 0.6 is 0 Å². The van der Waals surface area contributed by atoms with Gasteiger partial charge < -0.3 is 9.91 Å². The number of hydrogen-bond donors (Lipinski definition) is 0. The smallest absolute Gasteiger partial charge is 0.0646 e. The maximum Gasteiger partial charge on any atom is 0.0646 e. The highest BCUT2D eigenvalue weighted by Crippen LogP contribution is 2.12. The third kappa shape index (κ3) is 3.27. The van der Waals surface area contributed by atoms with E-state index >= 15 is 0 Å². The minimum atomic E-state index is 1.03. The third-order valence-corrected chi connectivity index (χ3v) is 2.15. The fourth-order valence-electron chi connectivity index (χ4n) is 1.36. The molecule has 82 valence electrons. The number of nitrogens with zero attached hydrogens (tertiary/aromatic N) is 3. The summed E-state index contributed by atoms with van der Waals surface area (Å²) in [6, 6.07) is 8.39. The zero-order valence-electron chi connectivity index (χ0n) is 10.2. The SMILES string of the molecule is C/C(=N/N(C)C)c1ccc(N(C)C)cc1. The Balaban J connectivity index is 2.89. The standard InChI is InChI=1S/C12H19N3/c1-10(13-15(4)5)11-6-8-12(9-7-11)14(2)3/h6-9H,1-5H3/b13-10-. The second-order valence-electron chi connectivity index (χ2n) is 3.97. The Bertz CT molecular complexity index is 336. The van der Waals surface area contributed by atoms with Crippen LogP contribution in [0.1, 0.15) is 12.5 Å². The minimum absolute atomic E-state index is 1.03. The number of hydrogen-bond acceptors (Lipinski definition) is 3. The normalized spacial score (nSPS) is 11.4. The van der Waals surface area contributed by atoms with E-state index in [1.807, 2.05) is 40.1 Å². The van der Waals surface area contributed by atoms with E-state index in [2.05, 4.69) is 34.3 Å². The van der Waals surface area contributed by atoms with Gasteiger partial charge in [0.15, 0.2) is 0 Å². The van der Waals surface area contributed by atoms with Gasteiger partial charge in [-0.3, -0.25) is 0 Å². The van der Waals surface area contributed by atoms with Gasteiger partial charge in [-0.05, 0) is 24.6 Å². The third-order valence-electron chi connectivity index (χ3n) is 2.15. The fraction of sp³-hybridized carbons (Fsp3) is 0.417. The Hall–Kier alpha value is -1.51. The van der Waals surface area contributed by atoms with Crippen LogP contribution in [0.25, 0.3) is 0 Å². The van der Waals surface area contributed by atoms with Gasteiger partial charge in [-0.15, -0.1) is 0 Å². The highest BCUT2D eigenvalue weighted by Gasteiger charge is 1.99. The fourth-order valence-corrected chi connectivity index (χ4v) is 1.36. The van der Waals surface area contributed by atoms with E-state index < -0.39 is 0 Å². The Kier molecular flexibility index (Phi) is 3.72. The molecule has 0 N–H and O–H groups in total. The lowest BCUT2D eigenvalue weighted by Gasteiger charge is -2.13. The van der Waals surface area contributed by atoms with Gasteiger partial charge in [0.2, 0.25) is 0 Å². The van der Waals surface area contributed by atoms with E-state index in [1.165, 1.54) is 5.69 Å². The first-order chi connectivity index (χ1) is 7.00. The summed E-state index contributed by atoms with van der Waals surface area (Å²) in [6.45, 7) is 2.02. The number of hydrazone groups is 1. The monoisotopic (exact) mass is 205 g/mol. The van der Waals surface area contributed by atoms with E-state index in [0.717, 1.165) is 11.3 Å². The Morgan fingerprint density at radius 1 is 1.00 bits per heavy atom. The van der Waals surface area contributed by atoms with Crippen molar-refractivity contribution in [3.63, 3.8) is 0 Å². The molecule has 0 radical (unpaired) electrons. The van der Waals surface area contributed by atoms with Crippen LogP contribution in [-0.4, -0.2) is 38.9 Å². The molecule has 0 heterocycles. The van der Waals surface area contributed by atoms with Crippen LogP contribution in [0.4, 0.5) is 5.69 Å². The Morgan fingerprint density at radius 3 is 1.93 bits per heavy atom. The summed E-state index contributed by atoms with van der Waals surface area (Å²) in [6.07, 6.45) is 0. The van der Waals surface area contributed by atoms with E-state index in [9.17, 15) is 0 Å². The van der Waals surface area contributed by atoms with Crippen LogP contribution < -0.4 is 4.90 Å². The summed E-state index contributed by atoms with van der Waals surface area (Å²) < 4.78 is 0. The van der Waals surface area contributed by atoms with Crippen LogP contribution in [-0.2, 0) is 0 Å². The largest absolute Gasteiger partial charge is 0.378 e. The molecule has 0 fully saturated rings. The van der Waals surface area contributed by atoms with Gasteiger partial charge in [-0.1, -0.05) is 12.1 Å². The molecule has 0 unspecified atom stereocenters. The first-order valence-corrected chi connectivity index (χ1v) is 5.01. The van der Waals surface area contributed by atoms with Gasteiger partial charge >= 0.3 is 0 Å². The van der Waals surface area contributed by atoms with E-state index in [4.69, 9.17) is 0 Å². The van der Waals surface area contributed by atoms with Gasteiger partial charge in [-0.25, -0.2) is 0 Å². The second kappa shape index (κ2) is 4.82. The molecule has 0 bridgehead atoms. The van der Waals surface area contributed by atoms with Crippen molar-refractivity contribution in [3.8, 4) is 0 Å². The lowest BCUT2D eigenvalue weighted by atomic mass is 10.1. The van der Waals surface area contributed by atoms with Crippen LogP contribution in [0, 0.1) is 0 Å². The number of rotatable bonds is 3. The summed E-state index contributed by atoms with van der Waals surface area (Å²) in [5.41, 5.74) is 3.40. The number of anilines is 1. The molecule has 3 nitrogen and oxygen atoms in total. The first kappa shape index (κ1) is 11.6. The first-order valence-electron chi connectivity index (χ1n) is 5.01. The quantitative estimate of drug-likeness (QED) is 0.555. The van der Waals surface area contributed by atoms with Gasteiger partial charge in [0.25, 0.3) is 0 Å². The van der Waals surface area contributed by atoms with Crippen molar-refractivity contribution in [1.82, 2.24) is 5.01 Å². The van der Waals surface area contributed by atoms with Crippen LogP contribution in [0.2, 0.25) is 0 Å². The molecule has 0 saturated carbocycles. The molecule has 15 heavy (non-hydrogen) atoms. The van der Waals surface area contributed by atoms with Crippen LogP contribution in [0.15, 0.2) is 29.4 Å². The molecule has 0 aliphatic rings. The molecule has 1 rings (SSSR count). The molecule has 0 atom stereocenters. The zero-order chi connectivity index (χ0) is 11.4. The van der Waals surface area contributed by atoms with Crippen molar-refractivity contribution < 1.29 is 0 Å². The predicted molar refractivity (Wildman–Crippen MR) is 66.7 cm³/mol. The average molecular weight is 205 g/mol.